The van der Waals surface area contributed by atoms with Crippen molar-refractivity contribution in [1.82, 2.24) is 20.3 Å². The lowest BCUT2D eigenvalue weighted by Gasteiger charge is -2.29. The van der Waals surface area contributed by atoms with Crippen LogP contribution in [0.3, 0.4) is 0 Å². The van der Waals surface area contributed by atoms with E-state index >= 15 is 0 Å². The molecule has 0 amide bonds. The molecule has 3 aromatic rings. The lowest BCUT2D eigenvalue weighted by atomic mass is 10.0. The van der Waals surface area contributed by atoms with Crippen LogP contribution in [0, 0.1) is 0 Å². The largest absolute Gasteiger partial charge is 0.382 e. The standard InChI is InChI=1S/C27H29N5O/c1-19(21-6-4-3-5-7-21)15-28-20(2)27-30-16-22(17-31-27)24-8-9-26-25(24)14-23(18-29-26)32-10-12-33-13-11-32/h3-8,14,16-19,28H,2,9-13,15H2,1H3/t19-/m1/s1. The third kappa shape index (κ3) is 4.66. The number of morpholine rings is 1. The lowest BCUT2D eigenvalue weighted by Crippen LogP contribution is -2.36. The van der Waals surface area contributed by atoms with Crippen LogP contribution in [0.1, 0.15) is 41.1 Å². The highest BCUT2D eigenvalue weighted by atomic mass is 16.5. The number of nitrogens with one attached hydrogen (secondary N) is 1. The van der Waals surface area contributed by atoms with Crippen LogP contribution in [0.25, 0.3) is 11.3 Å². The van der Waals surface area contributed by atoms with E-state index in [-0.39, 0.29) is 0 Å². The number of anilines is 1. The molecule has 0 spiro atoms. The van der Waals surface area contributed by atoms with E-state index in [1.54, 1.807) is 0 Å². The molecule has 6 nitrogen and oxygen atoms in total. The molecule has 33 heavy (non-hydrogen) atoms. The third-order valence-electron chi connectivity index (χ3n) is 6.34. The fourth-order valence-electron chi connectivity index (χ4n) is 4.33. The van der Waals surface area contributed by atoms with Gasteiger partial charge in [-0.25, -0.2) is 9.97 Å². The van der Waals surface area contributed by atoms with E-state index in [9.17, 15) is 0 Å². The van der Waals surface area contributed by atoms with Crippen LogP contribution in [-0.4, -0.2) is 47.8 Å². The number of ether oxygens (including phenoxy) is 1. The number of hydrogen-bond acceptors (Lipinski definition) is 6. The number of benzene rings is 1. The average molecular weight is 440 g/mol. The smallest absolute Gasteiger partial charge is 0.174 e. The Labute approximate surface area is 195 Å². The minimum atomic E-state index is 0.371. The number of pyridine rings is 1. The molecule has 2 aromatic heterocycles. The van der Waals surface area contributed by atoms with E-state index in [2.05, 4.69) is 70.1 Å². The lowest BCUT2D eigenvalue weighted by molar-refractivity contribution is 0.122. The molecule has 3 heterocycles. The van der Waals surface area contributed by atoms with E-state index in [0.717, 1.165) is 67.5 Å². The molecule has 5 rings (SSSR count). The molecule has 1 N–H and O–H groups in total. The molecule has 1 aromatic carbocycles. The number of rotatable bonds is 7. The summed E-state index contributed by atoms with van der Waals surface area (Å²) in [4.78, 5) is 16.2. The minimum absolute atomic E-state index is 0.371. The summed E-state index contributed by atoms with van der Waals surface area (Å²) in [5, 5.41) is 3.39. The monoisotopic (exact) mass is 439 g/mol. The molecule has 1 fully saturated rings. The fourth-order valence-corrected chi connectivity index (χ4v) is 4.33. The van der Waals surface area contributed by atoms with E-state index < -0.39 is 0 Å². The fraction of sp³-hybridized carbons (Fsp3) is 0.296. The zero-order chi connectivity index (χ0) is 22.6. The first kappa shape index (κ1) is 21.3. The second-order valence-electron chi connectivity index (χ2n) is 8.58. The van der Waals surface area contributed by atoms with Gasteiger partial charge in [0.15, 0.2) is 5.82 Å². The van der Waals surface area contributed by atoms with Gasteiger partial charge in [-0.1, -0.05) is 49.9 Å². The van der Waals surface area contributed by atoms with Crippen molar-refractivity contribution in [3.8, 4) is 0 Å². The zero-order valence-electron chi connectivity index (χ0n) is 19.0. The van der Waals surface area contributed by atoms with Gasteiger partial charge in [-0.2, -0.15) is 0 Å². The number of allylic oxidation sites excluding steroid dienone is 1. The molecule has 0 radical (unpaired) electrons. The van der Waals surface area contributed by atoms with Crippen molar-refractivity contribution in [3.63, 3.8) is 0 Å². The Morgan fingerprint density at radius 3 is 2.61 bits per heavy atom. The molecule has 1 atom stereocenters. The maximum Gasteiger partial charge on any atom is 0.174 e. The molecule has 1 aliphatic carbocycles. The van der Waals surface area contributed by atoms with Crippen LogP contribution < -0.4 is 10.2 Å². The van der Waals surface area contributed by atoms with Gasteiger partial charge in [0, 0.05) is 49.6 Å². The van der Waals surface area contributed by atoms with Crippen LogP contribution in [0.5, 0.6) is 0 Å². The van der Waals surface area contributed by atoms with Crippen molar-refractivity contribution in [2.75, 3.05) is 37.7 Å². The van der Waals surface area contributed by atoms with Crippen molar-refractivity contribution in [3.05, 3.63) is 95.9 Å². The Morgan fingerprint density at radius 1 is 1.09 bits per heavy atom. The first-order valence-corrected chi connectivity index (χ1v) is 11.5. The van der Waals surface area contributed by atoms with Crippen LogP contribution in [0.15, 0.2) is 67.6 Å². The van der Waals surface area contributed by atoms with Crippen LogP contribution in [-0.2, 0) is 11.2 Å². The van der Waals surface area contributed by atoms with E-state index in [0.29, 0.717) is 11.7 Å². The summed E-state index contributed by atoms with van der Waals surface area (Å²) < 4.78 is 5.49. The number of nitrogens with zero attached hydrogens (tertiary/aromatic N) is 4. The van der Waals surface area contributed by atoms with Gasteiger partial charge in [0.2, 0.25) is 0 Å². The highest BCUT2D eigenvalue weighted by molar-refractivity contribution is 5.84. The summed E-state index contributed by atoms with van der Waals surface area (Å²) in [5.74, 6) is 0.994. The summed E-state index contributed by atoms with van der Waals surface area (Å²) >= 11 is 0. The predicted molar refractivity (Wildman–Crippen MR) is 132 cm³/mol. The molecule has 1 saturated heterocycles. The van der Waals surface area contributed by atoms with Crippen molar-refractivity contribution >= 4 is 17.0 Å². The third-order valence-corrected chi connectivity index (χ3v) is 6.34. The maximum absolute atomic E-state index is 5.49. The highest BCUT2D eigenvalue weighted by Crippen LogP contribution is 2.33. The second kappa shape index (κ2) is 9.55. The first-order valence-electron chi connectivity index (χ1n) is 11.5. The summed E-state index contributed by atoms with van der Waals surface area (Å²) in [6.45, 7) is 10.4. The number of fused-ring (bicyclic) bond motifs is 1. The SMILES string of the molecule is C=C(NC[C@@H](C)c1ccccc1)c1ncc(C2=CCc3ncc(N4CCOCC4)cc32)cn1. The van der Waals surface area contributed by atoms with Crippen LogP contribution in [0.4, 0.5) is 5.69 Å². The quantitative estimate of drug-likeness (QED) is 0.599. The molecule has 0 saturated carbocycles. The topological polar surface area (TPSA) is 63.2 Å². The molecule has 2 aliphatic rings. The molecule has 1 aliphatic heterocycles. The Balaban J connectivity index is 1.26. The predicted octanol–water partition coefficient (Wildman–Crippen LogP) is 4.06. The van der Waals surface area contributed by atoms with Crippen molar-refractivity contribution < 1.29 is 4.74 Å². The van der Waals surface area contributed by atoms with Crippen LogP contribution >= 0.6 is 0 Å². The Hall–Kier alpha value is -3.51. The van der Waals surface area contributed by atoms with Crippen molar-refractivity contribution in [1.29, 1.82) is 0 Å². The van der Waals surface area contributed by atoms with Crippen molar-refractivity contribution in [2.45, 2.75) is 19.3 Å². The van der Waals surface area contributed by atoms with Gasteiger partial charge < -0.3 is 15.0 Å². The average Bonchev–Trinajstić information content (AvgIpc) is 3.31. The Bertz CT molecular complexity index is 1150. The second-order valence-corrected chi connectivity index (χ2v) is 8.58. The van der Waals surface area contributed by atoms with Gasteiger partial charge in [-0.15, -0.1) is 0 Å². The molecular weight excluding hydrogens is 410 g/mol. The zero-order valence-corrected chi connectivity index (χ0v) is 19.0. The van der Waals surface area contributed by atoms with Gasteiger partial charge in [0.05, 0.1) is 36.5 Å². The normalized spacial score (nSPS) is 16.2. The Kier molecular flexibility index (Phi) is 6.17. The summed E-state index contributed by atoms with van der Waals surface area (Å²) in [5.41, 5.74) is 7.61. The minimum Gasteiger partial charge on any atom is -0.382 e. The molecule has 0 unspecified atom stereocenters. The first-order chi connectivity index (χ1) is 16.2. The van der Waals surface area contributed by atoms with Crippen LogP contribution in [0.2, 0.25) is 0 Å². The number of hydrogen-bond donors (Lipinski definition) is 1. The number of aromatic nitrogens is 3. The summed E-state index contributed by atoms with van der Waals surface area (Å²) in [7, 11) is 0. The van der Waals surface area contributed by atoms with Gasteiger partial charge in [-0.05, 0) is 23.1 Å². The van der Waals surface area contributed by atoms with E-state index in [1.165, 1.54) is 11.1 Å². The molecular formula is C27H29N5O. The molecule has 6 heteroatoms. The van der Waals surface area contributed by atoms with Crippen molar-refractivity contribution in [2.24, 2.45) is 0 Å². The molecule has 168 valence electrons. The summed E-state index contributed by atoms with van der Waals surface area (Å²) in [6.07, 6.45) is 8.80. The van der Waals surface area contributed by atoms with Gasteiger partial charge in [-0.3, -0.25) is 4.98 Å². The van der Waals surface area contributed by atoms with E-state index in [4.69, 9.17) is 9.72 Å². The molecule has 0 bridgehead atoms. The van der Waals surface area contributed by atoms with Gasteiger partial charge in [0.25, 0.3) is 0 Å². The Morgan fingerprint density at radius 2 is 1.85 bits per heavy atom. The van der Waals surface area contributed by atoms with E-state index in [1.807, 2.05) is 24.7 Å². The maximum atomic E-state index is 5.49. The van der Waals surface area contributed by atoms with Gasteiger partial charge in [0.1, 0.15) is 0 Å². The van der Waals surface area contributed by atoms with Gasteiger partial charge >= 0.3 is 0 Å². The highest BCUT2D eigenvalue weighted by Gasteiger charge is 2.21. The summed E-state index contributed by atoms with van der Waals surface area (Å²) in [6, 6.07) is 12.7.